The highest BCUT2D eigenvalue weighted by Gasteiger charge is 2.09. The van der Waals surface area contributed by atoms with Crippen molar-refractivity contribution in [1.82, 2.24) is 4.98 Å². The summed E-state index contributed by atoms with van der Waals surface area (Å²) in [5.74, 6) is -0.203. The van der Waals surface area contributed by atoms with Crippen LogP contribution in [0.2, 0.25) is 0 Å². The van der Waals surface area contributed by atoms with Crippen molar-refractivity contribution in [2.24, 2.45) is 5.73 Å². The number of nitrogens with one attached hydrogen (secondary N) is 1. The van der Waals surface area contributed by atoms with E-state index in [1.54, 1.807) is 0 Å². The summed E-state index contributed by atoms with van der Waals surface area (Å²) in [6.07, 6.45) is 1.76. The van der Waals surface area contributed by atoms with Gasteiger partial charge in [-0.05, 0) is 43.1 Å². The Balaban J connectivity index is 2.63. The van der Waals surface area contributed by atoms with Crippen molar-refractivity contribution in [1.29, 1.82) is 0 Å². The van der Waals surface area contributed by atoms with Crippen LogP contribution >= 0.6 is 0 Å². The summed E-state index contributed by atoms with van der Waals surface area (Å²) in [6, 6.07) is 4.86. The lowest BCUT2D eigenvalue weighted by atomic mass is 10.1. The van der Waals surface area contributed by atoms with Gasteiger partial charge in [0.1, 0.15) is 5.82 Å². The van der Waals surface area contributed by atoms with E-state index < -0.39 is 0 Å². The Morgan fingerprint density at radius 2 is 2.20 bits per heavy atom. The molecular formula is C12H15FN2. The molecule has 0 fully saturated rings. The number of aromatic nitrogens is 1. The van der Waals surface area contributed by atoms with Crippen LogP contribution in [-0.4, -0.2) is 11.5 Å². The van der Waals surface area contributed by atoms with Crippen LogP contribution in [0.3, 0.4) is 0 Å². The summed E-state index contributed by atoms with van der Waals surface area (Å²) in [5.41, 5.74) is 8.85. The van der Waals surface area contributed by atoms with Crippen molar-refractivity contribution in [3.05, 3.63) is 35.3 Å². The molecule has 0 amide bonds. The van der Waals surface area contributed by atoms with Crippen molar-refractivity contribution < 1.29 is 4.39 Å². The van der Waals surface area contributed by atoms with E-state index in [4.69, 9.17) is 5.73 Å². The molecule has 0 aliphatic rings. The van der Waals surface area contributed by atoms with Crippen molar-refractivity contribution in [2.75, 3.05) is 6.54 Å². The predicted octanol–water partition coefficient (Wildman–Crippen LogP) is 2.37. The molecule has 1 aromatic carbocycles. The maximum atomic E-state index is 13.0. The molecule has 0 radical (unpaired) electrons. The number of hydrogen-bond acceptors (Lipinski definition) is 1. The molecule has 0 atom stereocenters. The van der Waals surface area contributed by atoms with Crippen molar-refractivity contribution in [2.45, 2.75) is 19.8 Å². The van der Waals surface area contributed by atoms with E-state index in [-0.39, 0.29) is 5.82 Å². The number of H-pyrrole nitrogens is 1. The third kappa shape index (κ3) is 1.75. The van der Waals surface area contributed by atoms with Crippen LogP contribution in [0.1, 0.15) is 18.2 Å². The largest absolute Gasteiger partial charge is 0.358 e. The summed E-state index contributed by atoms with van der Waals surface area (Å²) in [6.45, 7) is 2.71. The van der Waals surface area contributed by atoms with Gasteiger partial charge >= 0.3 is 0 Å². The molecule has 1 aromatic heterocycles. The number of halogens is 1. The standard InChI is InChI=1S/C12H15FN2/c1-2-11-10(5-6-14)9-4-3-8(13)7-12(9)15-11/h3-4,7,15H,2,5-6,14H2,1H3. The van der Waals surface area contributed by atoms with Gasteiger partial charge in [0.2, 0.25) is 0 Å². The van der Waals surface area contributed by atoms with E-state index in [0.717, 1.165) is 23.7 Å². The maximum absolute atomic E-state index is 13.0. The molecule has 2 rings (SSSR count). The SMILES string of the molecule is CCc1[nH]c2cc(F)ccc2c1CCN. The zero-order valence-corrected chi connectivity index (χ0v) is 8.81. The van der Waals surface area contributed by atoms with Gasteiger partial charge in [-0.25, -0.2) is 4.39 Å². The average Bonchev–Trinajstić information content (AvgIpc) is 2.56. The molecule has 0 bridgehead atoms. The molecule has 0 spiro atoms. The zero-order valence-electron chi connectivity index (χ0n) is 8.81. The molecule has 3 N–H and O–H groups in total. The van der Waals surface area contributed by atoms with Gasteiger partial charge in [-0.1, -0.05) is 6.92 Å². The summed E-state index contributed by atoms with van der Waals surface area (Å²) >= 11 is 0. The van der Waals surface area contributed by atoms with E-state index >= 15 is 0 Å². The number of aryl methyl sites for hydroxylation is 1. The molecule has 2 nitrogen and oxygen atoms in total. The molecule has 0 saturated carbocycles. The Labute approximate surface area is 88.3 Å². The number of rotatable bonds is 3. The van der Waals surface area contributed by atoms with Gasteiger partial charge in [-0.2, -0.15) is 0 Å². The average molecular weight is 206 g/mol. The first-order chi connectivity index (χ1) is 7.26. The number of fused-ring (bicyclic) bond motifs is 1. The summed E-state index contributed by atoms with van der Waals surface area (Å²) in [7, 11) is 0. The molecule has 2 aromatic rings. The second-order valence-corrected chi connectivity index (χ2v) is 3.66. The number of nitrogens with two attached hydrogens (primary N) is 1. The second-order valence-electron chi connectivity index (χ2n) is 3.66. The molecule has 1 heterocycles. The van der Waals surface area contributed by atoms with Gasteiger partial charge in [0.05, 0.1) is 0 Å². The smallest absolute Gasteiger partial charge is 0.125 e. The fourth-order valence-electron chi connectivity index (χ4n) is 2.02. The van der Waals surface area contributed by atoms with Crippen LogP contribution in [0, 0.1) is 5.82 Å². The van der Waals surface area contributed by atoms with Gasteiger partial charge in [0, 0.05) is 16.6 Å². The van der Waals surface area contributed by atoms with Crippen molar-refractivity contribution in [3.63, 3.8) is 0 Å². The maximum Gasteiger partial charge on any atom is 0.125 e. The third-order valence-electron chi connectivity index (χ3n) is 2.70. The minimum Gasteiger partial charge on any atom is -0.358 e. The molecule has 80 valence electrons. The molecule has 15 heavy (non-hydrogen) atoms. The fourth-order valence-corrected chi connectivity index (χ4v) is 2.02. The van der Waals surface area contributed by atoms with E-state index in [0.29, 0.717) is 6.54 Å². The number of benzene rings is 1. The highest BCUT2D eigenvalue weighted by molar-refractivity contribution is 5.84. The molecule has 0 unspecified atom stereocenters. The van der Waals surface area contributed by atoms with Crippen molar-refractivity contribution in [3.8, 4) is 0 Å². The Morgan fingerprint density at radius 1 is 1.40 bits per heavy atom. The van der Waals surface area contributed by atoms with E-state index in [9.17, 15) is 4.39 Å². The van der Waals surface area contributed by atoms with Crippen molar-refractivity contribution >= 4 is 10.9 Å². The van der Waals surface area contributed by atoms with Crippen LogP contribution in [0.5, 0.6) is 0 Å². The van der Waals surface area contributed by atoms with E-state index in [1.807, 2.05) is 6.07 Å². The molecule has 0 aliphatic carbocycles. The first-order valence-electron chi connectivity index (χ1n) is 5.25. The lowest BCUT2D eigenvalue weighted by molar-refractivity contribution is 0.629. The van der Waals surface area contributed by atoms with Gasteiger partial charge < -0.3 is 10.7 Å². The van der Waals surface area contributed by atoms with Gasteiger partial charge in [0.15, 0.2) is 0 Å². The van der Waals surface area contributed by atoms with Gasteiger partial charge in [-0.15, -0.1) is 0 Å². The highest BCUT2D eigenvalue weighted by Crippen LogP contribution is 2.23. The molecule has 0 saturated heterocycles. The van der Waals surface area contributed by atoms with Crippen LogP contribution in [-0.2, 0) is 12.8 Å². The molecule has 0 aliphatic heterocycles. The number of aromatic amines is 1. The normalized spacial score (nSPS) is 11.1. The monoisotopic (exact) mass is 206 g/mol. The third-order valence-corrected chi connectivity index (χ3v) is 2.70. The second kappa shape index (κ2) is 4.03. The Hall–Kier alpha value is -1.35. The summed E-state index contributed by atoms with van der Waals surface area (Å²) in [5, 5.41) is 1.10. The van der Waals surface area contributed by atoms with Crippen LogP contribution in [0.15, 0.2) is 18.2 Å². The fraction of sp³-hybridized carbons (Fsp3) is 0.333. The topological polar surface area (TPSA) is 41.8 Å². The Morgan fingerprint density at radius 3 is 2.87 bits per heavy atom. The van der Waals surface area contributed by atoms with E-state index in [1.165, 1.54) is 23.4 Å². The van der Waals surface area contributed by atoms with Gasteiger partial charge in [-0.3, -0.25) is 0 Å². The number of hydrogen-bond donors (Lipinski definition) is 2. The quantitative estimate of drug-likeness (QED) is 0.795. The minimum absolute atomic E-state index is 0.203. The molecular weight excluding hydrogens is 191 g/mol. The minimum atomic E-state index is -0.203. The Kier molecular flexibility index (Phi) is 2.73. The zero-order chi connectivity index (χ0) is 10.8. The summed E-state index contributed by atoms with van der Waals surface area (Å²) in [4.78, 5) is 3.24. The van der Waals surface area contributed by atoms with E-state index in [2.05, 4.69) is 11.9 Å². The predicted molar refractivity (Wildman–Crippen MR) is 60.4 cm³/mol. The lowest BCUT2D eigenvalue weighted by Crippen LogP contribution is -2.04. The van der Waals surface area contributed by atoms with Gasteiger partial charge in [0.25, 0.3) is 0 Å². The van der Waals surface area contributed by atoms with Crippen LogP contribution < -0.4 is 5.73 Å². The van der Waals surface area contributed by atoms with Crippen LogP contribution in [0.25, 0.3) is 10.9 Å². The van der Waals surface area contributed by atoms with Crippen LogP contribution in [0.4, 0.5) is 4.39 Å². The summed E-state index contributed by atoms with van der Waals surface area (Å²) < 4.78 is 13.0. The first kappa shape index (κ1) is 10.2. The Bertz CT molecular complexity index is 474. The first-order valence-corrected chi connectivity index (χ1v) is 5.25. The molecule has 3 heteroatoms. The highest BCUT2D eigenvalue weighted by atomic mass is 19.1. The lowest BCUT2D eigenvalue weighted by Gasteiger charge is -1.99.